The van der Waals surface area contributed by atoms with E-state index in [-0.39, 0.29) is 11.6 Å². The molecule has 2 aromatic carbocycles. The molecule has 0 atom stereocenters. The van der Waals surface area contributed by atoms with Crippen LogP contribution in [0.25, 0.3) is 0 Å². The first-order valence-electron chi connectivity index (χ1n) is 5.25. The predicted octanol–water partition coefficient (Wildman–Crippen LogP) is 3.67. The Bertz CT molecular complexity index is 596. The van der Waals surface area contributed by atoms with Crippen LogP contribution in [-0.4, -0.2) is 12.9 Å². The third-order valence-corrected chi connectivity index (χ3v) is 3.40. The number of methoxy groups -OCH3 is 1. The molecule has 0 heterocycles. The SMILES string of the molecule is COc1cccc(C(=O)c2ccc(F)cc2I)c1. The maximum absolute atomic E-state index is 13.0. The van der Waals surface area contributed by atoms with Crippen molar-refractivity contribution in [3.05, 3.63) is 63.0 Å². The summed E-state index contributed by atoms with van der Waals surface area (Å²) in [6.45, 7) is 0. The van der Waals surface area contributed by atoms with E-state index < -0.39 is 0 Å². The molecule has 0 radical (unpaired) electrons. The summed E-state index contributed by atoms with van der Waals surface area (Å²) >= 11 is 1.95. The summed E-state index contributed by atoms with van der Waals surface area (Å²) in [6.07, 6.45) is 0. The van der Waals surface area contributed by atoms with Crippen molar-refractivity contribution in [1.29, 1.82) is 0 Å². The van der Waals surface area contributed by atoms with Gasteiger partial charge in [-0.25, -0.2) is 4.39 Å². The molecule has 0 saturated carbocycles. The molecule has 0 saturated heterocycles. The fourth-order valence-electron chi connectivity index (χ4n) is 1.59. The lowest BCUT2D eigenvalue weighted by atomic mass is 10.0. The maximum Gasteiger partial charge on any atom is 0.194 e. The largest absolute Gasteiger partial charge is 0.497 e. The van der Waals surface area contributed by atoms with Gasteiger partial charge in [-0.2, -0.15) is 0 Å². The van der Waals surface area contributed by atoms with E-state index in [1.165, 1.54) is 18.2 Å². The topological polar surface area (TPSA) is 26.3 Å². The van der Waals surface area contributed by atoms with E-state index in [1.807, 2.05) is 22.6 Å². The quantitative estimate of drug-likeness (QED) is 0.620. The molecule has 0 bridgehead atoms. The van der Waals surface area contributed by atoms with Crippen molar-refractivity contribution in [3.8, 4) is 5.75 Å². The summed E-state index contributed by atoms with van der Waals surface area (Å²) in [5.74, 6) is 0.137. The highest BCUT2D eigenvalue weighted by Crippen LogP contribution is 2.20. The monoisotopic (exact) mass is 356 g/mol. The van der Waals surface area contributed by atoms with Crippen molar-refractivity contribution in [2.45, 2.75) is 0 Å². The van der Waals surface area contributed by atoms with E-state index in [2.05, 4.69) is 0 Å². The minimum Gasteiger partial charge on any atom is -0.497 e. The first kappa shape index (κ1) is 13.0. The van der Waals surface area contributed by atoms with E-state index in [0.29, 0.717) is 20.4 Å². The standard InChI is InChI=1S/C14H10FIO2/c1-18-11-4-2-3-9(7-11)14(17)12-6-5-10(15)8-13(12)16/h2-8H,1H3. The number of ketones is 1. The van der Waals surface area contributed by atoms with Gasteiger partial charge in [0, 0.05) is 14.7 Å². The van der Waals surface area contributed by atoms with Crippen LogP contribution >= 0.6 is 22.6 Å². The molecular formula is C14H10FIO2. The fraction of sp³-hybridized carbons (Fsp3) is 0.0714. The normalized spacial score (nSPS) is 10.2. The number of benzene rings is 2. The van der Waals surface area contributed by atoms with Crippen LogP contribution in [0.4, 0.5) is 4.39 Å². The molecule has 2 rings (SSSR count). The summed E-state index contributed by atoms with van der Waals surface area (Å²) in [4.78, 5) is 12.3. The minimum absolute atomic E-state index is 0.140. The third-order valence-electron chi connectivity index (χ3n) is 2.51. The number of ether oxygens (including phenoxy) is 1. The Morgan fingerprint density at radius 1 is 1.22 bits per heavy atom. The molecule has 0 spiro atoms. The van der Waals surface area contributed by atoms with Crippen LogP contribution < -0.4 is 4.74 Å². The molecule has 0 aliphatic rings. The number of rotatable bonds is 3. The Kier molecular flexibility index (Phi) is 3.96. The van der Waals surface area contributed by atoms with Gasteiger partial charge in [0.1, 0.15) is 11.6 Å². The van der Waals surface area contributed by atoms with E-state index in [0.717, 1.165) is 0 Å². The number of carbonyl (C=O) groups excluding carboxylic acids is 1. The zero-order chi connectivity index (χ0) is 13.1. The first-order chi connectivity index (χ1) is 8.61. The first-order valence-corrected chi connectivity index (χ1v) is 6.33. The van der Waals surface area contributed by atoms with Crippen molar-refractivity contribution in [1.82, 2.24) is 0 Å². The van der Waals surface area contributed by atoms with Crippen LogP contribution in [0.1, 0.15) is 15.9 Å². The summed E-state index contributed by atoms with van der Waals surface area (Å²) in [7, 11) is 1.55. The Balaban J connectivity index is 2.41. The van der Waals surface area contributed by atoms with E-state index in [1.54, 1.807) is 31.4 Å². The van der Waals surface area contributed by atoms with E-state index in [4.69, 9.17) is 4.74 Å². The maximum atomic E-state index is 13.0. The van der Waals surface area contributed by atoms with Gasteiger partial charge in [-0.3, -0.25) is 4.79 Å². The average Bonchev–Trinajstić information content (AvgIpc) is 2.38. The van der Waals surface area contributed by atoms with Gasteiger partial charge < -0.3 is 4.74 Å². The van der Waals surface area contributed by atoms with Gasteiger partial charge in [0.05, 0.1) is 7.11 Å². The second-order valence-corrected chi connectivity index (χ2v) is 4.85. The summed E-state index contributed by atoms with van der Waals surface area (Å²) in [5.41, 5.74) is 1.02. The second kappa shape index (κ2) is 5.48. The van der Waals surface area contributed by atoms with Crippen LogP contribution in [0.5, 0.6) is 5.75 Å². The Morgan fingerprint density at radius 3 is 2.67 bits per heavy atom. The lowest BCUT2D eigenvalue weighted by molar-refractivity contribution is 0.103. The average molecular weight is 356 g/mol. The molecular weight excluding hydrogens is 346 g/mol. The van der Waals surface area contributed by atoms with Gasteiger partial charge in [0.2, 0.25) is 0 Å². The predicted molar refractivity (Wildman–Crippen MR) is 75.5 cm³/mol. The van der Waals surface area contributed by atoms with Crippen molar-refractivity contribution in [2.75, 3.05) is 7.11 Å². The number of halogens is 2. The molecule has 0 amide bonds. The lowest BCUT2D eigenvalue weighted by Gasteiger charge is -2.06. The molecule has 92 valence electrons. The Hall–Kier alpha value is -1.43. The van der Waals surface area contributed by atoms with Crippen molar-refractivity contribution in [2.24, 2.45) is 0 Å². The van der Waals surface area contributed by atoms with Crippen molar-refractivity contribution >= 4 is 28.4 Å². The second-order valence-electron chi connectivity index (χ2n) is 3.69. The fourth-order valence-corrected chi connectivity index (χ4v) is 2.32. The zero-order valence-electron chi connectivity index (χ0n) is 9.61. The Labute approximate surface area is 118 Å². The van der Waals surface area contributed by atoms with Gasteiger partial charge in [-0.15, -0.1) is 0 Å². The van der Waals surface area contributed by atoms with Crippen LogP contribution in [0.2, 0.25) is 0 Å². The van der Waals surface area contributed by atoms with Gasteiger partial charge in [-0.05, 0) is 52.9 Å². The van der Waals surface area contributed by atoms with Crippen LogP contribution in [0.15, 0.2) is 42.5 Å². The van der Waals surface area contributed by atoms with Crippen LogP contribution in [0.3, 0.4) is 0 Å². The van der Waals surface area contributed by atoms with E-state index >= 15 is 0 Å². The number of carbonyl (C=O) groups is 1. The molecule has 2 aromatic rings. The zero-order valence-corrected chi connectivity index (χ0v) is 11.8. The smallest absolute Gasteiger partial charge is 0.194 e. The minimum atomic E-state index is -0.346. The van der Waals surface area contributed by atoms with Gasteiger partial charge in [0.25, 0.3) is 0 Å². The highest BCUT2D eigenvalue weighted by molar-refractivity contribution is 14.1. The van der Waals surface area contributed by atoms with Gasteiger partial charge in [-0.1, -0.05) is 12.1 Å². The molecule has 0 aliphatic carbocycles. The molecule has 2 nitrogen and oxygen atoms in total. The molecule has 0 fully saturated rings. The van der Waals surface area contributed by atoms with Gasteiger partial charge >= 0.3 is 0 Å². The summed E-state index contributed by atoms with van der Waals surface area (Å²) < 4.78 is 18.7. The Morgan fingerprint density at radius 2 is 2.00 bits per heavy atom. The van der Waals surface area contributed by atoms with Crippen LogP contribution in [-0.2, 0) is 0 Å². The molecule has 0 aromatic heterocycles. The summed E-state index contributed by atoms with van der Waals surface area (Å²) in [5, 5.41) is 0. The third kappa shape index (κ3) is 2.69. The highest BCUT2D eigenvalue weighted by Gasteiger charge is 2.13. The molecule has 0 aliphatic heterocycles. The van der Waals surface area contributed by atoms with E-state index in [9.17, 15) is 9.18 Å². The number of hydrogen-bond donors (Lipinski definition) is 0. The van der Waals surface area contributed by atoms with Crippen molar-refractivity contribution in [3.63, 3.8) is 0 Å². The number of hydrogen-bond acceptors (Lipinski definition) is 2. The molecule has 0 N–H and O–H groups in total. The molecule has 4 heteroatoms. The molecule has 0 unspecified atom stereocenters. The molecule has 18 heavy (non-hydrogen) atoms. The van der Waals surface area contributed by atoms with Crippen molar-refractivity contribution < 1.29 is 13.9 Å². The highest BCUT2D eigenvalue weighted by atomic mass is 127. The summed E-state index contributed by atoms with van der Waals surface area (Å²) in [6, 6.07) is 11.0. The van der Waals surface area contributed by atoms with Gasteiger partial charge in [0.15, 0.2) is 5.78 Å². The lowest BCUT2D eigenvalue weighted by Crippen LogP contribution is -2.04. The van der Waals surface area contributed by atoms with Crippen LogP contribution in [0, 0.1) is 9.39 Å².